The first-order valence-corrected chi connectivity index (χ1v) is 11.8. The van der Waals surface area contributed by atoms with E-state index in [1.54, 1.807) is 0 Å². The monoisotopic (exact) mass is 360 g/mol. The minimum atomic E-state index is -2.13. The molecule has 2 aromatic rings. The molecule has 0 radical (unpaired) electrons. The van der Waals surface area contributed by atoms with Gasteiger partial charge in [0.2, 0.25) is 0 Å². The number of rotatable bonds is 3. The van der Waals surface area contributed by atoms with Gasteiger partial charge in [-0.1, -0.05) is 39.0 Å². The number of para-hydroxylation sites is 1. The summed E-state index contributed by atoms with van der Waals surface area (Å²) < 4.78 is 5.64. The molecule has 0 spiro atoms. The largest absolute Gasteiger partial charge is 0.357 e. The average molecular weight is 361 g/mol. The molecule has 6 heteroatoms. The zero-order chi connectivity index (χ0) is 18.4. The number of aromatic amines is 1. The van der Waals surface area contributed by atoms with E-state index in [-0.39, 0.29) is 17.0 Å². The lowest BCUT2D eigenvalue weighted by Crippen LogP contribution is -2.47. The topological polar surface area (TPSA) is 63.4 Å². The van der Waals surface area contributed by atoms with E-state index >= 15 is 0 Å². The fraction of sp³-hybridized carbons (Fsp3) is 0.526. The molecule has 1 aliphatic rings. The molecule has 0 aliphatic carbocycles. The molecule has 25 heavy (non-hydrogen) atoms. The molecule has 2 unspecified atom stereocenters. The zero-order valence-corrected chi connectivity index (χ0v) is 16.9. The zero-order valence-electron chi connectivity index (χ0n) is 15.9. The number of aromatic nitrogens is 1. The normalized spacial score (nSPS) is 21.2. The fourth-order valence-corrected chi connectivity index (χ4v) is 3.48. The van der Waals surface area contributed by atoms with Crippen molar-refractivity contribution >= 4 is 25.2 Å². The second-order valence-corrected chi connectivity index (χ2v) is 13.1. The number of H-pyrrole nitrogens is 1. The Bertz CT molecular complexity index is 792. The van der Waals surface area contributed by atoms with Crippen LogP contribution in [-0.2, 0) is 20.7 Å². The van der Waals surface area contributed by atoms with Gasteiger partial charge in [0.05, 0.1) is 0 Å². The van der Waals surface area contributed by atoms with E-state index in [0.29, 0.717) is 6.42 Å². The van der Waals surface area contributed by atoms with Crippen molar-refractivity contribution in [1.82, 2.24) is 10.3 Å². The molecule has 2 atom stereocenters. The summed E-state index contributed by atoms with van der Waals surface area (Å²) in [6, 6.07) is 7.86. The van der Waals surface area contributed by atoms with Crippen LogP contribution in [-0.4, -0.2) is 25.3 Å². The van der Waals surface area contributed by atoms with E-state index in [4.69, 9.17) is 9.46 Å². The second-order valence-electron chi connectivity index (χ2n) is 8.45. The highest BCUT2D eigenvalue weighted by Crippen LogP contribution is 2.37. The number of fused-ring (bicyclic) bond motifs is 3. The molecule has 3 rings (SSSR count). The van der Waals surface area contributed by atoms with Gasteiger partial charge in [-0.05, 0) is 36.7 Å². The van der Waals surface area contributed by atoms with Gasteiger partial charge in [-0.15, -0.1) is 0 Å². The summed E-state index contributed by atoms with van der Waals surface area (Å²) in [6.07, 6.45) is 0.601. The smallest absolute Gasteiger partial charge is 0.357 e. The Hall–Kier alpha value is -1.63. The van der Waals surface area contributed by atoms with Gasteiger partial charge >= 0.3 is 5.97 Å². The Morgan fingerprint density at radius 2 is 1.92 bits per heavy atom. The van der Waals surface area contributed by atoms with Crippen LogP contribution >= 0.6 is 0 Å². The van der Waals surface area contributed by atoms with Crippen LogP contribution in [0.15, 0.2) is 24.3 Å². The first-order valence-electron chi connectivity index (χ1n) is 8.85. The van der Waals surface area contributed by atoms with Crippen molar-refractivity contribution in [2.75, 3.05) is 0 Å². The summed E-state index contributed by atoms with van der Waals surface area (Å²) in [7, 11) is -2.13. The molecule has 0 amide bonds. The molecule has 5 nitrogen and oxygen atoms in total. The predicted molar refractivity (Wildman–Crippen MR) is 102 cm³/mol. The number of carbonyl (C=O) groups is 1. The van der Waals surface area contributed by atoms with Gasteiger partial charge in [0.15, 0.2) is 0 Å². The van der Waals surface area contributed by atoms with Crippen LogP contribution in [0.3, 0.4) is 0 Å². The first kappa shape index (κ1) is 18.2. The molecule has 0 bridgehead atoms. The summed E-state index contributed by atoms with van der Waals surface area (Å²) >= 11 is 0. The molecule has 1 aromatic heterocycles. The lowest BCUT2D eigenvalue weighted by molar-refractivity contribution is -0.224. The molecule has 1 aromatic carbocycles. The third kappa shape index (κ3) is 3.38. The molecule has 136 valence electrons. The lowest BCUT2D eigenvalue weighted by atomic mass is 9.95. The van der Waals surface area contributed by atoms with E-state index in [1.807, 2.05) is 12.1 Å². The molecular weight excluding hydrogens is 332 g/mol. The lowest BCUT2D eigenvalue weighted by Gasteiger charge is -2.34. The van der Waals surface area contributed by atoms with Crippen molar-refractivity contribution in [2.24, 2.45) is 0 Å². The van der Waals surface area contributed by atoms with Crippen molar-refractivity contribution in [3.05, 3.63) is 35.5 Å². The van der Waals surface area contributed by atoms with Crippen LogP contribution in [0, 0.1) is 0 Å². The van der Waals surface area contributed by atoms with E-state index in [1.165, 1.54) is 10.9 Å². The highest BCUT2D eigenvalue weighted by atomic mass is 28.4. The summed E-state index contributed by atoms with van der Waals surface area (Å²) in [6.45, 7) is 12.5. The Morgan fingerprint density at radius 3 is 2.60 bits per heavy atom. The number of carbonyl (C=O) groups excluding carboxylic acids is 1. The Kier molecular flexibility index (Phi) is 4.55. The van der Waals surface area contributed by atoms with Gasteiger partial charge in [-0.2, -0.15) is 0 Å². The van der Waals surface area contributed by atoms with Crippen molar-refractivity contribution in [2.45, 2.75) is 64.3 Å². The fourth-order valence-electron chi connectivity index (χ4n) is 2.94. The van der Waals surface area contributed by atoms with E-state index in [0.717, 1.165) is 11.2 Å². The van der Waals surface area contributed by atoms with Crippen LogP contribution in [0.2, 0.25) is 18.1 Å². The van der Waals surface area contributed by atoms with Crippen molar-refractivity contribution in [3.8, 4) is 0 Å². The number of hydrogen-bond acceptors (Lipinski definition) is 4. The van der Waals surface area contributed by atoms with Crippen LogP contribution < -0.4 is 5.32 Å². The molecule has 2 heterocycles. The van der Waals surface area contributed by atoms with Crippen LogP contribution in [0.1, 0.15) is 45.0 Å². The SMILES string of the molecule is CC1NC(C(=O)OO[Si](C)(C)C(C)(C)C)Cc2c1[nH]c1ccccc21. The first-order chi connectivity index (χ1) is 11.6. The standard InChI is InChI=1S/C19H28N2O3Si/c1-12-17-14(13-9-7-8-10-15(13)21-17)11-16(20-12)18(22)23-24-25(5,6)19(2,3)4/h7-10,12,16,20-21H,11H2,1-6H3. The molecular formula is C19H28N2O3Si. The minimum absolute atomic E-state index is 0.00935. The number of hydrogen-bond donors (Lipinski definition) is 2. The molecule has 0 saturated heterocycles. The van der Waals surface area contributed by atoms with Crippen molar-refractivity contribution in [1.29, 1.82) is 0 Å². The van der Waals surface area contributed by atoms with Gasteiger partial charge in [-0.3, -0.25) is 5.32 Å². The third-order valence-corrected chi connectivity index (χ3v) is 9.67. The van der Waals surface area contributed by atoms with Gasteiger partial charge in [0.1, 0.15) is 6.04 Å². The maximum atomic E-state index is 12.6. The molecule has 2 N–H and O–H groups in total. The minimum Gasteiger partial charge on any atom is -0.357 e. The second kappa shape index (κ2) is 6.27. The Morgan fingerprint density at radius 1 is 1.24 bits per heavy atom. The summed E-state index contributed by atoms with van der Waals surface area (Å²) in [5.41, 5.74) is 3.44. The summed E-state index contributed by atoms with van der Waals surface area (Å²) in [5, 5.41) is 4.50. The van der Waals surface area contributed by atoms with Crippen LogP contribution in [0.5, 0.6) is 0 Å². The van der Waals surface area contributed by atoms with Crippen molar-refractivity contribution < 1.29 is 14.3 Å². The highest BCUT2D eigenvalue weighted by Gasteiger charge is 2.41. The maximum absolute atomic E-state index is 12.6. The summed E-state index contributed by atoms with van der Waals surface area (Å²) in [5.74, 6) is -0.340. The van der Waals surface area contributed by atoms with E-state index in [9.17, 15) is 4.79 Å². The molecule has 0 fully saturated rings. The third-order valence-electron chi connectivity index (χ3n) is 5.56. The maximum Gasteiger partial charge on any atom is 0.357 e. The molecule has 1 aliphatic heterocycles. The van der Waals surface area contributed by atoms with Gasteiger partial charge < -0.3 is 9.87 Å². The van der Waals surface area contributed by atoms with Crippen LogP contribution in [0.4, 0.5) is 0 Å². The van der Waals surface area contributed by atoms with Gasteiger partial charge in [-0.25, -0.2) is 9.37 Å². The van der Waals surface area contributed by atoms with Gasteiger partial charge in [0.25, 0.3) is 8.32 Å². The Balaban J connectivity index is 1.76. The van der Waals surface area contributed by atoms with E-state index < -0.39 is 14.4 Å². The Labute approximate surface area is 150 Å². The number of nitrogens with one attached hydrogen (secondary N) is 2. The van der Waals surface area contributed by atoms with Crippen LogP contribution in [0.25, 0.3) is 10.9 Å². The highest BCUT2D eigenvalue weighted by molar-refractivity contribution is 6.73. The quantitative estimate of drug-likeness (QED) is 0.489. The number of benzene rings is 1. The van der Waals surface area contributed by atoms with E-state index in [2.05, 4.69) is 63.2 Å². The average Bonchev–Trinajstić information content (AvgIpc) is 2.91. The van der Waals surface area contributed by atoms with Gasteiger partial charge in [0, 0.05) is 29.1 Å². The predicted octanol–water partition coefficient (Wildman–Crippen LogP) is 4.22. The van der Waals surface area contributed by atoms with Crippen molar-refractivity contribution in [3.63, 3.8) is 0 Å². The summed E-state index contributed by atoms with van der Waals surface area (Å²) in [4.78, 5) is 21.3. The molecule has 0 saturated carbocycles.